The van der Waals surface area contributed by atoms with E-state index in [1.807, 2.05) is 18.9 Å². The van der Waals surface area contributed by atoms with Gasteiger partial charge in [0.1, 0.15) is 0 Å². The Morgan fingerprint density at radius 3 is 2.73 bits per heavy atom. The van der Waals surface area contributed by atoms with Crippen LogP contribution in [0, 0.1) is 0 Å². The molecule has 0 spiro atoms. The molecule has 0 amide bonds. The molecule has 64 valence electrons. The zero-order valence-corrected chi connectivity index (χ0v) is 6.78. The zero-order valence-electron chi connectivity index (χ0n) is 6.78. The van der Waals surface area contributed by atoms with Crippen LogP contribution in [0.5, 0.6) is 0 Å². The van der Waals surface area contributed by atoms with Crippen LogP contribution in [0.4, 0.5) is 0 Å². The molecule has 1 unspecified atom stereocenters. The van der Waals surface area contributed by atoms with Gasteiger partial charge in [-0.1, -0.05) is 0 Å². The lowest BCUT2D eigenvalue weighted by atomic mass is 10.2. The molecule has 0 aromatic rings. The summed E-state index contributed by atoms with van der Waals surface area (Å²) < 4.78 is 5.18. The third kappa shape index (κ3) is 2.17. The van der Waals surface area contributed by atoms with Crippen LogP contribution in [0.2, 0.25) is 0 Å². The smallest absolute Gasteiger partial charge is 0.334 e. The molecular formula is C7H13NO3. The Labute approximate surface area is 65.8 Å². The summed E-state index contributed by atoms with van der Waals surface area (Å²) in [4.78, 5) is 12.5. The summed E-state index contributed by atoms with van der Waals surface area (Å²) in [5.74, 6) is -0.872. The van der Waals surface area contributed by atoms with Crippen molar-refractivity contribution in [3.63, 3.8) is 0 Å². The molecule has 1 aliphatic heterocycles. The molecular weight excluding hydrogens is 146 g/mol. The number of aliphatic carboxylic acids is 1. The molecule has 1 rings (SSSR count). The average molecular weight is 159 g/mol. The van der Waals surface area contributed by atoms with Gasteiger partial charge in [-0.2, -0.15) is 0 Å². The summed E-state index contributed by atoms with van der Waals surface area (Å²) in [6.07, 6.45) is -0.626. The fourth-order valence-electron chi connectivity index (χ4n) is 1.30. The van der Waals surface area contributed by atoms with Crippen molar-refractivity contribution in [3.05, 3.63) is 0 Å². The van der Waals surface area contributed by atoms with Crippen molar-refractivity contribution in [2.45, 2.75) is 19.1 Å². The highest BCUT2D eigenvalue weighted by atomic mass is 16.5. The van der Waals surface area contributed by atoms with Gasteiger partial charge in [0.05, 0.1) is 6.10 Å². The zero-order chi connectivity index (χ0) is 8.43. The van der Waals surface area contributed by atoms with Gasteiger partial charge in [-0.3, -0.25) is 0 Å². The van der Waals surface area contributed by atoms with Gasteiger partial charge in [0.2, 0.25) is 0 Å². The van der Waals surface area contributed by atoms with Crippen molar-refractivity contribution in [3.8, 4) is 0 Å². The monoisotopic (exact) mass is 159 g/mol. The van der Waals surface area contributed by atoms with Crippen molar-refractivity contribution >= 4 is 5.97 Å². The quantitative estimate of drug-likeness (QED) is 0.575. The second kappa shape index (κ2) is 3.19. The second-order valence-electron chi connectivity index (χ2n) is 2.99. The van der Waals surface area contributed by atoms with E-state index in [1.165, 1.54) is 0 Å². The largest absolute Gasteiger partial charge is 0.479 e. The third-order valence-corrected chi connectivity index (χ3v) is 1.72. The number of carboxylic acids is 1. The van der Waals surface area contributed by atoms with Crippen molar-refractivity contribution in [1.29, 1.82) is 0 Å². The molecule has 0 aromatic carbocycles. The Hall–Kier alpha value is -0.610. The first-order valence-electron chi connectivity index (χ1n) is 3.66. The Kier molecular flexibility index (Phi) is 2.46. The number of hydrogen-bond donors (Lipinski definition) is 1. The number of likely N-dealkylation sites (N-methyl/N-ethyl adjacent to an activating group) is 1. The third-order valence-electron chi connectivity index (χ3n) is 1.72. The van der Waals surface area contributed by atoms with Crippen LogP contribution in [0.25, 0.3) is 0 Å². The highest BCUT2D eigenvalue weighted by Gasteiger charge is 2.27. The molecule has 0 bridgehead atoms. The van der Waals surface area contributed by atoms with Crippen molar-refractivity contribution in [2.75, 3.05) is 20.1 Å². The number of nitrogens with zero attached hydrogens (tertiary/aromatic N) is 1. The van der Waals surface area contributed by atoms with E-state index >= 15 is 0 Å². The summed E-state index contributed by atoms with van der Waals surface area (Å²) in [5, 5.41) is 8.62. The highest BCUT2D eigenvalue weighted by Crippen LogP contribution is 2.08. The predicted octanol–water partition coefficient (Wildman–Crippen LogP) is -0.210. The van der Waals surface area contributed by atoms with E-state index in [2.05, 4.69) is 0 Å². The molecule has 1 N–H and O–H groups in total. The molecule has 4 nitrogen and oxygen atoms in total. The fraction of sp³-hybridized carbons (Fsp3) is 0.857. The second-order valence-corrected chi connectivity index (χ2v) is 2.99. The average Bonchev–Trinajstić information content (AvgIpc) is 1.85. The topological polar surface area (TPSA) is 49.8 Å². The van der Waals surface area contributed by atoms with Crippen molar-refractivity contribution < 1.29 is 14.6 Å². The molecule has 1 heterocycles. The number of morpholine rings is 1. The lowest BCUT2D eigenvalue weighted by molar-refractivity contribution is -0.161. The summed E-state index contributed by atoms with van der Waals surface area (Å²) in [5.41, 5.74) is 0. The van der Waals surface area contributed by atoms with E-state index in [9.17, 15) is 4.79 Å². The molecule has 1 saturated heterocycles. The van der Waals surface area contributed by atoms with Gasteiger partial charge in [0, 0.05) is 13.1 Å². The SMILES string of the molecule is CC1CN(C)C[C@@H](C(=O)O)O1. The lowest BCUT2D eigenvalue weighted by Crippen LogP contribution is -2.47. The van der Waals surface area contributed by atoms with Gasteiger partial charge in [-0.25, -0.2) is 4.79 Å². The van der Waals surface area contributed by atoms with Gasteiger partial charge in [-0.15, -0.1) is 0 Å². The molecule has 1 fully saturated rings. The van der Waals surface area contributed by atoms with Gasteiger partial charge < -0.3 is 14.7 Å². The van der Waals surface area contributed by atoms with Crippen LogP contribution in [-0.2, 0) is 9.53 Å². The highest BCUT2D eigenvalue weighted by molar-refractivity contribution is 5.72. The van der Waals surface area contributed by atoms with E-state index in [4.69, 9.17) is 9.84 Å². The number of rotatable bonds is 1. The number of hydrogen-bond acceptors (Lipinski definition) is 3. The van der Waals surface area contributed by atoms with E-state index in [-0.39, 0.29) is 6.10 Å². The molecule has 0 radical (unpaired) electrons. The Balaban J connectivity index is 2.49. The normalized spacial score (nSPS) is 33.6. The van der Waals surface area contributed by atoms with Gasteiger partial charge in [-0.05, 0) is 14.0 Å². The van der Waals surface area contributed by atoms with Crippen LogP contribution >= 0.6 is 0 Å². The summed E-state index contributed by atoms with van der Waals surface area (Å²) >= 11 is 0. The van der Waals surface area contributed by atoms with E-state index in [0.29, 0.717) is 6.54 Å². The minimum Gasteiger partial charge on any atom is -0.479 e. The van der Waals surface area contributed by atoms with Crippen molar-refractivity contribution in [1.82, 2.24) is 4.90 Å². The van der Waals surface area contributed by atoms with Crippen molar-refractivity contribution in [2.24, 2.45) is 0 Å². The molecule has 0 aromatic heterocycles. The van der Waals surface area contributed by atoms with Gasteiger partial charge in [0.25, 0.3) is 0 Å². The Morgan fingerprint density at radius 1 is 1.64 bits per heavy atom. The standard InChI is InChI=1S/C7H13NO3/c1-5-3-8(2)4-6(11-5)7(9)10/h5-6H,3-4H2,1-2H3,(H,9,10)/t5?,6-/m0/s1. The van der Waals surface area contributed by atoms with E-state index in [1.54, 1.807) is 0 Å². The number of ether oxygens (including phenoxy) is 1. The van der Waals surface area contributed by atoms with Crippen LogP contribution in [0.3, 0.4) is 0 Å². The summed E-state index contributed by atoms with van der Waals surface area (Å²) in [6, 6.07) is 0. The van der Waals surface area contributed by atoms with Crippen LogP contribution in [-0.4, -0.2) is 48.3 Å². The Morgan fingerprint density at radius 2 is 2.27 bits per heavy atom. The van der Waals surface area contributed by atoms with Crippen LogP contribution < -0.4 is 0 Å². The first-order chi connectivity index (χ1) is 5.09. The summed E-state index contributed by atoms with van der Waals surface area (Å²) in [6.45, 7) is 3.18. The van der Waals surface area contributed by atoms with E-state index < -0.39 is 12.1 Å². The minimum atomic E-state index is -0.872. The summed E-state index contributed by atoms with van der Waals surface area (Å²) in [7, 11) is 1.90. The number of carboxylic acid groups (broad SMARTS) is 1. The lowest BCUT2D eigenvalue weighted by Gasteiger charge is -2.32. The first kappa shape index (κ1) is 8.49. The maximum Gasteiger partial charge on any atom is 0.334 e. The molecule has 2 atom stereocenters. The maximum absolute atomic E-state index is 10.5. The fourth-order valence-corrected chi connectivity index (χ4v) is 1.30. The molecule has 11 heavy (non-hydrogen) atoms. The van der Waals surface area contributed by atoms with Crippen LogP contribution in [0.15, 0.2) is 0 Å². The Bertz CT molecular complexity index is 150. The molecule has 0 saturated carbocycles. The first-order valence-corrected chi connectivity index (χ1v) is 3.66. The van der Waals surface area contributed by atoms with Gasteiger partial charge in [0.15, 0.2) is 6.10 Å². The predicted molar refractivity (Wildman–Crippen MR) is 39.5 cm³/mol. The van der Waals surface area contributed by atoms with Crippen LogP contribution in [0.1, 0.15) is 6.92 Å². The molecule has 4 heteroatoms. The minimum absolute atomic E-state index is 0.0230. The number of carbonyl (C=O) groups is 1. The maximum atomic E-state index is 10.5. The van der Waals surface area contributed by atoms with Gasteiger partial charge >= 0.3 is 5.97 Å². The molecule has 1 aliphatic rings. The van der Waals surface area contributed by atoms with E-state index in [0.717, 1.165) is 6.54 Å². The molecule has 0 aliphatic carbocycles.